The lowest BCUT2D eigenvalue weighted by atomic mass is 10.1. The van der Waals surface area contributed by atoms with Crippen molar-refractivity contribution in [3.63, 3.8) is 0 Å². The van der Waals surface area contributed by atoms with Crippen LogP contribution in [-0.4, -0.2) is 25.2 Å². The van der Waals surface area contributed by atoms with Gasteiger partial charge in [0.15, 0.2) is 11.2 Å². The first kappa shape index (κ1) is 19.5. The van der Waals surface area contributed by atoms with Gasteiger partial charge in [-0.25, -0.2) is 4.79 Å². The highest BCUT2D eigenvalue weighted by Crippen LogP contribution is 2.32. The molecule has 0 saturated heterocycles. The van der Waals surface area contributed by atoms with Gasteiger partial charge in [-0.15, -0.1) is 0 Å². The van der Waals surface area contributed by atoms with Gasteiger partial charge in [0.05, 0.1) is 0 Å². The van der Waals surface area contributed by atoms with Crippen LogP contribution in [0.2, 0.25) is 0 Å². The van der Waals surface area contributed by atoms with Gasteiger partial charge in [0.1, 0.15) is 0 Å². The second-order valence-electron chi connectivity index (χ2n) is 8.25. The molecule has 0 N–H and O–H groups in total. The van der Waals surface area contributed by atoms with E-state index in [-0.39, 0.29) is 11.2 Å². The normalized spacial score (nSPS) is 16.4. The Labute approximate surface area is 170 Å². The first-order chi connectivity index (χ1) is 13.9. The lowest BCUT2D eigenvalue weighted by Crippen LogP contribution is -2.40. The van der Waals surface area contributed by atoms with E-state index >= 15 is 0 Å². The molecule has 7 heteroatoms. The topological polar surface area (TPSA) is 65.1 Å². The maximum absolute atomic E-state index is 13.3. The number of fused-ring (bicyclic) bond motifs is 3. The number of aryl methyl sites for hydroxylation is 2. The fourth-order valence-corrected chi connectivity index (χ4v) is 4.16. The Balaban J connectivity index is 1.91. The summed E-state index contributed by atoms with van der Waals surface area (Å²) in [6.07, 6.45) is 2.86. The summed E-state index contributed by atoms with van der Waals surface area (Å²) in [5.74, 6) is 1.09. The molecule has 2 aromatic heterocycles. The van der Waals surface area contributed by atoms with Gasteiger partial charge in [0, 0.05) is 32.4 Å². The highest BCUT2D eigenvalue weighted by Gasteiger charge is 2.29. The third kappa shape index (κ3) is 3.28. The molecular weight excluding hydrogens is 366 g/mol. The number of anilines is 2. The van der Waals surface area contributed by atoms with Crippen molar-refractivity contribution in [1.29, 1.82) is 0 Å². The van der Waals surface area contributed by atoms with Crippen LogP contribution in [0, 0.1) is 12.8 Å². The summed E-state index contributed by atoms with van der Waals surface area (Å²) in [5.41, 5.74) is 2.73. The predicted octanol–water partition coefficient (Wildman–Crippen LogP) is 3.18. The Bertz CT molecular complexity index is 1150. The molecule has 0 amide bonds. The van der Waals surface area contributed by atoms with Crippen LogP contribution >= 0.6 is 0 Å². The number of hydrogen-bond donors (Lipinski definition) is 0. The van der Waals surface area contributed by atoms with E-state index in [0.717, 1.165) is 44.0 Å². The van der Waals surface area contributed by atoms with Crippen molar-refractivity contribution in [3.05, 3.63) is 50.7 Å². The number of rotatable bonds is 5. The molecule has 1 atom stereocenters. The van der Waals surface area contributed by atoms with E-state index in [0.29, 0.717) is 23.6 Å². The van der Waals surface area contributed by atoms with Crippen LogP contribution in [0.15, 0.2) is 33.9 Å². The summed E-state index contributed by atoms with van der Waals surface area (Å²) in [4.78, 5) is 33.0. The van der Waals surface area contributed by atoms with Crippen LogP contribution in [0.25, 0.3) is 11.2 Å². The first-order valence-electron chi connectivity index (χ1n) is 10.5. The van der Waals surface area contributed by atoms with Crippen LogP contribution in [0.5, 0.6) is 0 Å². The standard InChI is InChI=1S/C22H29N5O2/c1-5-6-7-12-25-20(28)18-19(24(4)22(25)29)23-21-26(13-16(3)14-27(18)21)17-10-8-15(2)9-11-17/h8-11,16H,5-7,12-14H2,1-4H3/t16-/m0/s1. The Morgan fingerprint density at radius 3 is 2.52 bits per heavy atom. The zero-order valence-corrected chi connectivity index (χ0v) is 17.7. The summed E-state index contributed by atoms with van der Waals surface area (Å²) in [6, 6.07) is 8.33. The average molecular weight is 396 g/mol. The molecule has 1 aliphatic heterocycles. The van der Waals surface area contributed by atoms with E-state index in [4.69, 9.17) is 4.98 Å². The first-order valence-corrected chi connectivity index (χ1v) is 10.5. The van der Waals surface area contributed by atoms with E-state index in [1.54, 1.807) is 7.05 Å². The van der Waals surface area contributed by atoms with Gasteiger partial charge in [-0.05, 0) is 31.4 Å². The summed E-state index contributed by atoms with van der Waals surface area (Å²) >= 11 is 0. The molecule has 0 saturated carbocycles. The lowest BCUT2D eigenvalue weighted by molar-refractivity contribution is 0.457. The number of hydrogen-bond acceptors (Lipinski definition) is 4. The van der Waals surface area contributed by atoms with E-state index < -0.39 is 0 Å². The van der Waals surface area contributed by atoms with Crippen LogP contribution in [-0.2, 0) is 20.1 Å². The van der Waals surface area contributed by atoms with Crippen molar-refractivity contribution in [1.82, 2.24) is 18.7 Å². The monoisotopic (exact) mass is 395 g/mol. The number of nitrogens with zero attached hydrogens (tertiary/aromatic N) is 5. The van der Waals surface area contributed by atoms with Crippen LogP contribution in [0.3, 0.4) is 0 Å². The average Bonchev–Trinajstić information content (AvgIpc) is 3.08. The largest absolute Gasteiger partial charge is 0.332 e. The highest BCUT2D eigenvalue weighted by molar-refractivity contribution is 5.77. The molecule has 0 spiro atoms. The zero-order chi connectivity index (χ0) is 20.7. The zero-order valence-electron chi connectivity index (χ0n) is 17.7. The Morgan fingerprint density at radius 1 is 1.10 bits per heavy atom. The van der Waals surface area contributed by atoms with Crippen LogP contribution in [0.4, 0.5) is 11.6 Å². The molecule has 154 valence electrons. The summed E-state index contributed by atoms with van der Waals surface area (Å²) in [7, 11) is 1.71. The smallest absolute Gasteiger partial charge is 0.312 e. The summed E-state index contributed by atoms with van der Waals surface area (Å²) in [6.45, 7) is 8.35. The molecule has 0 bridgehead atoms. The van der Waals surface area contributed by atoms with Crippen molar-refractivity contribution in [2.24, 2.45) is 13.0 Å². The van der Waals surface area contributed by atoms with Gasteiger partial charge in [0.25, 0.3) is 5.56 Å². The minimum atomic E-state index is -0.288. The lowest BCUT2D eigenvalue weighted by Gasteiger charge is -2.33. The number of unbranched alkanes of at least 4 members (excludes halogenated alkanes) is 2. The summed E-state index contributed by atoms with van der Waals surface area (Å²) in [5, 5.41) is 0. The highest BCUT2D eigenvalue weighted by atomic mass is 16.2. The minimum absolute atomic E-state index is 0.226. The second-order valence-corrected chi connectivity index (χ2v) is 8.25. The van der Waals surface area contributed by atoms with E-state index in [9.17, 15) is 9.59 Å². The second kappa shape index (κ2) is 7.54. The Kier molecular flexibility index (Phi) is 5.06. The SMILES string of the molecule is CCCCCn1c(=O)c2c(nc3n2C[C@@H](C)CN3c2ccc(C)cc2)n(C)c1=O. The van der Waals surface area contributed by atoms with Crippen molar-refractivity contribution >= 4 is 22.8 Å². The van der Waals surface area contributed by atoms with Crippen molar-refractivity contribution in [2.75, 3.05) is 11.4 Å². The minimum Gasteiger partial charge on any atom is -0.312 e. The van der Waals surface area contributed by atoms with Crippen LogP contribution in [0.1, 0.15) is 38.7 Å². The molecule has 3 heterocycles. The van der Waals surface area contributed by atoms with Gasteiger partial charge in [0.2, 0.25) is 5.95 Å². The van der Waals surface area contributed by atoms with Crippen molar-refractivity contribution in [3.8, 4) is 0 Å². The van der Waals surface area contributed by atoms with Gasteiger partial charge in [-0.2, -0.15) is 4.98 Å². The summed E-state index contributed by atoms with van der Waals surface area (Å²) < 4.78 is 4.90. The molecule has 0 fully saturated rings. The van der Waals surface area contributed by atoms with Crippen LogP contribution < -0.4 is 16.1 Å². The van der Waals surface area contributed by atoms with Crippen molar-refractivity contribution in [2.45, 2.75) is 53.1 Å². The Hall–Kier alpha value is -2.83. The quantitative estimate of drug-likeness (QED) is 0.623. The van der Waals surface area contributed by atoms with E-state index in [2.05, 4.69) is 49.9 Å². The molecular formula is C22H29N5O2. The van der Waals surface area contributed by atoms with Crippen molar-refractivity contribution < 1.29 is 0 Å². The predicted molar refractivity (Wildman–Crippen MR) is 116 cm³/mol. The third-order valence-corrected chi connectivity index (χ3v) is 5.77. The molecule has 3 aromatic rings. The molecule has 4 rings (SSSR count). The molecule has 0 aliphatic carbocycles. The fraction of sp³-hybridized carbons (Fsp3) is 0.500. The number of imidazole rings is 1. The maximum Gasteiger partial charge on any atom is 0.332 e. The number of aromatic nitrogens is 4. The Morgan fingerprint density at radius 2 is 1.83 bits per heavy atom. The molecule has 0 unspecified atom stereocenters. The van der Waals surface area contributed by atoms with Gasteiger partial charge < -0.3 is 9.47 Å². The van der Waals surface area contributed by atoms with E-state index in [1.807, 2.05) is 4.57 Å². The number of benzene rings is 1. The third-order valence-electron chi connectivity index (χ3n) is 5.77. The van der Waals surface area contributed by atoms with E-state index in [1.165, 1.54) is 14.7 Å². The molecule has 1 aromatic carbocycles. The van der Waals surface area contributed by atoms with Gasteiger partial charge >= 0.3 is 5.69 Å². The van der Waals surface area contributed by atoms with Gasteiger partial charge in [-0.1, -0.05) is 44.4 Å². The maximum atomic E-state index is 13.3. The molecule has 7 nitrogen and oxygen atoms in total. The molecule has 29 heavy (non-hydrogen) atoms. The van der Waals surface area contributed by atoms with Gasteiger partial charge in [-0.3, -0.25) is 13.9 Å². The molecule has 1 aliphatic rings. The fourth-order valence-electron chi connectivity index (χ4n) is 4.16. The molecule has 0 radical (unpaired) electrons.